The van der Waals surface area contributed by atoms with Gasteiger partial charge < -0.3 is 10.5 Å². The topological polar surface area (TPSA) is 35.2 Å². The summed E-state index contributed by atoms with van der Waals surface area (Å²) >= 11 is 7.91. The number of rotatable bonds is 8. The van der Waals surface area contributed by atoms with Crippen molar-refractivity contribution in [3.8, 4) is 0 Å². The van der Waals surface area contributed by atoms with Gasteiger partial charge in [0.25, 0.3) is 0 Å². The van der Waals surface area contributed by atoms with Gasteiger partial charge in [0.05, 0.1) is 0 Å². The summed E-state index contributed by atoms with van der Waals surface area (Å²) in [6.45, 7) is 2.92. The smallest absolute Gasteiger partial charge is 0.0470 e. The van der Waals surface area contributed by atoms with Crippen LogP contribution in [-0.4, -0.2) is 25.5 Å². The van der Waals surface area contributed by atoms with E-state index in [0.29, 0.717) is 0 Å². The highest BCUT2D eigenvalue weighted by atomic mass is 35.5. The second-order valence-corrected chi connectivity index (χ2v) is 5.89. The summed E-state index contributed by atoms with van der Waals surface area (Å²) in [5.41, 5.74) is 7.29. The van der Waals surface area contributed by atoms with Gasteiger partial charge in [-0.2, -0.15) is 0 Å². The molecule has 0 aliphatic heterocycles. The van der Waals surface area contributed by atoms with E-state index < -0.39 is 0 Å². The van der Waals surface area contributed by atoms with E-state index in [1.807, 2.05) is 23.9 Å². The summed E-state index contributed by atoms with van der Waals surface area (Å²) < 4.78 is 5.06. The molecule has 1 unspecified atom stereocenters. The number of nitrogens with two attached hydrogens (primary N) is 1. The van der Waals surface area contributed by atoms with E-state index in [-0.39, 0.29) is 6.04 Å². The lowest BCUT2D eigenvalue weighted by Crippen LogP contribution is -2.21. The van der Waals surface area contributed by atoms with E-state index in [9.17, 15) is 0 Å². The van der Waals surface area contributed by atoms with Crippen molar-refractivity contribution < 1.29 is 4.74 Å². The molecule has 1 aromatic rings. The zero-order valence-electron chi connectivity index (χ0n) is 11.1. The fourth-order valence-corrected chi connectivity index (χ4v) is 2.83. The summed E-state index contributed by atoms with van der Waals surface area (Å²) in [5, 5.41) is 0.787. The summed E-state index contributed by atoms with van der Waals surface area (Å²) in [6, 6.07) is 6.29. The molecule has 0 saturated heterocycles. The number of methoxy groups -OCH3 is 1. The summed E-state index contributed by atoms with van der Waals surface area (Å²) in [4.78, 5) is 1.29. The Morgan fingerprint density at radius 3 is 2.89 bits per heavy atom. The maximum atomic E-state index is 6.06. The molecule has 0 amide bonds. The number of hydrogen-bond donors (Lipinski definition) is 1. The molecule has 0 saturated carbocycles. The molecule has 0 fully saturated rings. The third-order valence-corrected chi connectivity index (χ3v) is 4.22. The van der Waals surface area contributed by atoms with E-state index in [1.165, 1.54) is 10.5 Å². The van der Waals surface area contributed by atoms with Crippen LogP contribution < -0.4 is 5.73 Å². The van der Waals surface area contributed by atoms with Crippen LogP contribution >= 0.6 is 23.4 Å². The molecule has 0 heterocycles. The van der Waals surface area contributed by atoms with E-state index in [2.05, 4.69) is 13.0 Å². The predicted molar refractivity (Wildman–Crippen MR) is 80.6 cm³/mol. The Hall–Kier alpha value is -0.220. The first-order chi connectivity index (χ1) is 8.67. The van der Waals surface area contributed by atoms with Crippen molar-refractivity contribution in [1.29, 1.82) is 0 Å². The van der Waals surface area contributed by atoms with Crippen molar-refractivity contribution >= 4 is 23.4 Å². The lowest BCUT2D eigenvalue weighted by molar-refractivity contribution is 0.200. The first-order valence-electron chi connectivity index (χ1n) is 6.33. The first-order valence-corrected chi connectivity index (χ1v) is 7.69. The number of hydrogen-bond acceptors (Lipinski definition) is 3. The van der Waals surface area contributed by atoms with Gasteiger partial charge in [0.1, 0.15) is 0 Å². The SMILES string of the molecule is CCC(N)Cc1cc(Cl)ccc1SCCCOC. The average Bonchev–Trinajstić information content (AvgIpc) is 2.36. The fraction of sp³-hybridized carbons (Fsp3) is 0.571. The van der Waals surface area contributed by atoms with Crippen molar-refractivity contribution in [2.45, 2.75) is 37.1 Å². The van der Waals surface area contributed by atoms with Gasteiger partial charge >= 0.3 is 0 Å². The summed E-state index contributed by atoms with van der Waals surface area (Å²) in [5.74, 6) is 1.06. The highest BCUT2D eigenvalue weighted by molar-refractivity contribution is 7.99. The van der Waals surface area contributed by atoms with Gasteiger partial charge in [0, 0.05) is 35.4 Å². The third kappa shape index (κ3) is 5.61. The standard InChI is InChI=1S/C14H22ClNOS/c1-3-13(16)10-11-9-12(15)5-6-14(11)18-8-4-7-17-2/h5-6,9,13H,3-4,7-8,10,16H2,1-2H3. The molecule has 0 aromatic heterocycles. The van der Waals surface area contributed by atoms with Crippen molar-refractivity contribution in [3.05, 3.63) is 28.8 Å². The predicted octanol–water partition coefficient (Wildman–Crippen LogP) is 3.75. The lowest BCUT2D eigenvalue weighted by Gasteiger charge is -2.13. The summed E-state index contributed by atoms with van der Waals surface area (Å²) in [6.07, 6.45) is 2.94. The molecule has 1 aromatic carbocycles. The molecule has 1 rings (SSSR count). The Kier molecular flexibility index (Phi) is 7.75. The minimum absolute atomic E-state index is 0.210. The monoisotopic (exact) mass is 287 g/mol. The van der Waals surface area contributed by atoms with Gasteiger partial charge in [-0.25, -0.2) is 0 Å². The Balaban J connectivity index is 2.64. The second-order valence-electron chi connectivity index (χ2n) is 4.32. The average molecular weight is 288 g/mol. The minimum atomic E-state index is 0.210. The molecule has 102 valence electrons. The van der Waals surface area contributed by atoms with Crippen LogP contribution in [0.5, 0.6) is 0 Å². The van der Waals surface area contributed by atoms with Crippen LogP contribution in [0.2, 0.25) is 5.02 Å². The van der Waals surface area contributed by atoms with E-state index >= 15 is 0 Å². The van der Waals surface area contributed by atoms with Crippen LogP contribution in [0.25, 0.3) is 0 Å². The molecule has 18 heavy (non-hydrogen) atoms. The molecule has 1 atom stereocenters. The zero-order valence-corrected chi connectivity index (χ0v) is 12.7. The van der Waals surface area contributed by atoms with Gasteiger partial charge in [0.15, 0.2) is 0 Å². The maximum absolute atomic E-state index is 6.06. The number of thioether (sulfide) groups is 1. The Morgan fingerprint density at radius 1 is 1.44 bits per heavy atom. The van der Waals surface area contributed by atoms with E-state index in [4.69, 9.17) is 22.1 Å². The Labute approximate surface area is 119 Å². The van der Waals surface area contributed by atoms with Crippen LogP contribution in [0.4, 0.5) is 0 Å². The van der Waals surface area contributed by atoms with E-state index in [1.54, 1.807) is 7.11 Å². The van der Waals surface area contributed by atoms with Crippen molar-refractivity contribution in [2.75, 3.05) is 19.5 Å². The van der Waals surface area contributed by atoms with Crippen LogP contribution in [0.1, 0.15) is 25.3 Å². The van der Waals surface area contributed by atoms with Gasteiger partial charge in [-0.15, -0.1) is 11.8 Å². The van der Waals surface area contributed by atoms with Gasteiger partial charge in [-0.05, 0) is 43.0 Å². The first kappa shape index (κ1) is 15.8. The normalized spacial score (nSPS) is 12.7. The molecule has 0 bridgehead atoms. The van der Waals surface area contributed by atoms with Gasteiger partial charge in [-0.3, -0.25) is 0 Å². The van der Waals surface area contributed by atoms with Crippen LogP contribution in [0.3, 0.4) is 0 Å². The molecular formula is C14H22ClNOS. The van der Waals surface area contributed by atoms with Crippen LogP contribution in [0, 0.1) is 0 Å². The fourth-order valence-electron chi connectivity index (χ4n) is 1.66. The molecule has 0 spiro atoms. The molecule has 2 N–H and O–H groups in total. The second kappa shape index (κ2) is 8.81. The molecule has 0 aliphatic carbocycles. The number of benzene rings is 1. The molecule has 0 aliphatic rings. The molecule has 4 heteroatoms. The van der Waals surface area contributed by atoms with E-state index in [0.717, 1.165) is 36.6 Å². The Bertz CT molecular complexity index is 360. The molecular weight excluding hydrogens is 266 g/mol. The highest BCUT2D eigenvalue weighted by Gasteiger charge is 2.08. The zero-order chi connectivity index (χ0) is 13.4. The minimum Gasteiger partial charge on any atom is -0.385 e. The van der Waals surface area contributed by atoms with Crippen LogP contribution in [-0.2, 0) is 11.2 Å². The number of halogens is 1. The van der Waals surface area contributed by atoms with Crippen molar-refractivity contribution in [3.63, 3.8) is 0 Å². The largest absolute Gasteiger partial charge is 0.385 e. The quantitative estimate of drug-likeness (QED) is 0.584. The summed E-state index contributed by atoms with van der Waals surface area (Å²) in [7, 11) is 1.73. The highest BCUT2D eigenvalue weighted by Crippen LogP contribution is 2.27. The number of ether oxygens (including phenoxy) is 1. The lowest BCUT2D eigenvalue weighted by atomic mass is 10.0. The van der Waals surface area contributed by atoms with Gasteiger partial charge in [0.2, 0.25) is 0 Å². The van der Waals surface area contributed by atoms with Crippen molar-refractivity contribution in [1.82, 2.24) is 0 Å². The van der Waals surface area contributed by atoms with Crippen molar-refractivity contribution in [2.24, 2.45) is 5.73 Å². The maximum Gasteiger partial charge on any atom is 0.0470 e. The third-order valence-electron chi connectivity index (χ3n) is 2.78. The van der Waals surface area contributed by atoms with Crippen LogP contribution in [0.15, 0.2) is 23.1 Å². The Morgan fingerprint density at radius 2 is 2.22 bits per heavy atom. The molecule has 0 radical (unpaired) electrons. The molecule has 2 nitrogen and oxygen atoms in total. The van der Waals surface area contributed by atoms with Gasteiger partial charge in [-0.1, -0.05) is 18.5 Å².